The number of nitrogens with one attached hydrogen (secondary N) is 3. The van der Waals surface area contributed by atoms with Gasteiger partial charge in [0.15, 0.2) is 6.61 Å². The van der Waals surface area contributed by atoms with E-state index >= 15 is 0 Å². The molecule has 3 N–H and O–H groups in total. The van der Waals surface area contributed by atoms with E-state index in [-0.39, 0.29) is 37.4 Å². The zero-order valence-electron chi connectivity index (χ0n) is 12.9. The Bertz CT molecular complexity index is 717. The highest BCUT2D eigenvalue weighted by molar-refractivity contribution is 7.88. The van der Waals surface area contributed by atoms with Crippen LogP contribution < -0.4 is 20.1 Å². The van der Waals surface area contributed by atoms with Crippen LogP contribution in [0.15, 0.2) is 18.2 Å². The second-order valence-corrected chi connectivity index (χ2v) is 7.13. The van der Waals surface area contributed by atoms with Gasteiger partial charge in [-0.25, -0.2) is 13.1 Å². The number of fused-ring (bicyclic) bond motifs is 1. The summed E-state index contributed by atoms with van der Waals surface area (Å²) in [5.74, 6) is 0.0917. The second kappa shape index (κ2) is 6.97. The molecule has 2 rings (SSSR count). The summed E-state index contributed by atoms with van der Waals surface area (Å²) in [4.78, 5) is 23.1. The van der Waals surface area contributed by atoms with Gasteiger partial charge in [0.1, 0.15) is 5.75 Å². The first kappa shape index (κ1) is 17.2. The zero-order valence-corrected chi connectivity index (χ0v) is 13.7. The Morgan fingerprint density at radius 1 is 1.43 bits per heavy atom. The number of hydrogen-bond donors (Lipinski definition) is 3. The van der Waals surface area contributed by atoms with E-state index in [1.165, 1.54) is 0 Å². The highest BCUT2D eigenvalue weighted by Crippen LogP contribution is 2.30. The van der Waals surface area contributed by atoms with E-state index in [4.69, 9.17) is 4.74 Å². The Morgan fingerprint density at radius 2 is 2.17 bits per heavy atom. The minimum atomic E-state index is -3.30. The first-order valence-corrected chi connectivity index (χ1v) is 8.94. The van der Waals surface area contributed by atoms with E-state index in [1.807, 2.05) is 0 Å². The fourth-order valence-corrected chi connectivity index (χ4v) is 2.59. The van der Waals surface area contributed by atoms with Crippen LogP contribution in [-0.2, 0) is 19.6 Å². The lowest BCUT2D eigenvalue weighted by Crippen LogP contribution is -2.31. The van der Waals surface area contributed by atoms with Gasteiger partial charge in [0.05, 0.1) is 18.0 Å². The fraction of sp³-hybridized carbons (Fsp3) is 0.429. The van der Waals surface area contributed by atoms with Gasteiger partial charge < -0.3 is 15.4 Å². The lowest BCUT2D eigenvalue weighted by Gasteiger charge is -2.21. The number of sulfonamides is 1. The molecule has 0 bridgehead atoms. The number of carbonyl (C=O) groups excluding carboxylic acids is 2. The Morgan fingerprint density at radius 3 is 2.87 bits per heavy atom. The number of hydrogen-bond acceptors (Lipinski definition) is 5. The fourth-order valence-electron chi connectivity index (χ4n) is 2.12. The smallest absolute Gasteiger partial charge is 0.262 e. The molecular weight excluding hydrogens is 322 g/mol. The van der Waals surface area contributed by atoms with E-state index in [9.17, 15) is 18.0 Å². The van der Waals surface area contributed by atoms with Gasteiger partial charge in [-0.15, -0.1) is 0 Å². The molecule has 1 aliphatic heterocycles. The summed E-state index contributed by atoms with van der Waals surface area (Å²) in [6, 6.07) is 4.99. The summed E-state index contributed by atoms with van der Waals surface area (Å²) in [7, 11) is -3.30. The van der Waals surface area contributed by atoms with Gasteiger partial charge in [-0.2, -0.15) is 0 Å². The summed E-state index contributed by atoms with van der Waals surface area (Å²) in [5, 5.41) is 5.48. The van der Waals surface area contributed by atoms with Crippen molar-refractivity contribution in [3.05, 3.63) is 23.8 Å². The molecule has 9 heteroatoms. The number of anilines is 1. The molecule has 1 atom stereocenters. The van der Waals surface area contributed by atoms with Crippen molar-refractivity contribution in [3.8, 4) is 5.75 Å². The molecule has 1 aromatic carbocycles. The van der Waals surface area contributed by atoms with E-state index in [0.717, 1.165) is 11.8 Å². The second-order valence-electron chi connectivity index (χ2n) is 5.30. The topological polar surface area (TPSA) is 114 Å². The Balaban J connectivity index is 1.93. The van der Waals surface area contributed by atoms with Crippen LogP contribution in [0.2, 0.25) is 0 Å². The average molecular weight is 341 g/mol. The van der Waals surface area contributed by atoms with Crippen molar-refractivity contribution in [1.82, 2.24) is 10.0 Å². The Hall–Kier alpha value is -2.13. The van der Waals surface area contributed by atoms with Gasteiger partial charge in [0, 0.05) is 13.0 Å². The summed E-state index contributed by atoms with van der Waals surface area (Å²) >= 11 is 0. The monoisotopic (exact) mass is 341 g/mol. The standard InChI is InChI=1S/C14H19N3O5S/c1-9(16-13(18)5-6-15-23(2,20)21)10-3-4-12-11(7-10)17-14(19)8-22-12/h3-4,7,9,15H,5-6,8H2,1-2H3,(H,16,18)(H,17,19)/t9-/m0/s1. The molecule has 0 fully saturated rings. The number of rotatable bonds is 6. The third kappa shape index (κ3) is 5.22. The van der Waals surface area contributed by atoms with E-state index in [0.29, 0.717) is 11.4 Å². The van der Waals surface area contributed by atoms with Crippen LogP contribution in [0.1, 0.15) is 24.9 Å². The zero-order chi connectivity index (χ0) is 17.0. The number of benzene rings is 1. The van der Waals surface area contributed by atoms with Gasteiger partial charge >= 0.3 is 0 Å². The van der Waals surface area contributed by atoms with Crippen molar-refractivity contribution < 1.29 is 22.7 Å². The summed E-state index contributed by atoms with van der Waals surface area (Å²) < 4.78 is 29.4. The molecule has 23 heavy (non-hydrogen) atoms. The number of amides is 2. The lowest BCUT2D eigenvalue weighted by atomic mass is 10.1. The Kier molecular flexibility index (Phi) is 5.22. The molecule has 0 saturated carbocycles. The van der Waals surface area contributed by atoms with Crippen LogP contribution in [0.25, 0.3) is 0 Å². The molecule has 8 nitrogen and oxygen atoms in total. The molecule has 0 aromatic heterocycles. The van der Waals surface area contributed by atoms with Crippen LogP contribution in [0, 0.1) is 0 Å². The van der Waals surface area contributed by atoms with Gasteiger partial charge in [0.2, 0.25) is 15.9 Å². The summed E-state index contributed by atoms with van der Waals surface area (Å²) in [6.07, 6.45) is 1.08. The Labute approximate surface area is 134 Å². The van der Waals surface area contributed by atoms with E-state index < -0.39 is 10.0 Å². The normalized spacial score (nSPS) is 15.1. The third-order valence-electron chi connectivity index (χ3n) is 3.23. The van der Waals surface area contributed by atoms with Gasteiger partial charge in [-0.05, 0) is 24.6 Å². The molecular formula is C14H19N3O5S. The van der Waals surface area contributed by atoms with E-state index in [2.05, 4.69) is 15.4 Å². The van der Waals surface area contributed by atoms with Crippen LogP contribution in [0.4, 0.5) is 5.69 Å². The first-order chi connectivity index (χ1) is 10.7. The van der Waals surface area contributed by atoms with Crippen LogP contribution in [-0.4, -0.2) is 39.6 Å². The maximum Gasteiger partial charge on any atom is 0.262 e. The van der Waals surface area contributed by atoms with Crippen molar-refractivity contribution in [2.24, 2.45) is 0 Å². The molecule has 1 heterocycles. The number of carbonyl (C=O) groups is 2. The highest BCUT2D eigenvalue weighted by atomic mass is 32.2. The quantitative estimate of drug-likeness (QED) is 0.681. The van der Waals surface area contributed by atoms with Crippen LogP contribution in [0.5, 0.6) is 5.75 Å². The van der Waals surface area contributed by atoms with Gasteiger partial charge in [-0.3, -0.25) is 9.59 Å². The maximum absolute atomic E-state index is 11.8. The molecule has 1 aromatic rings. The van der Waals surface area contributed by atoms with Crippen molar-refractivity contribution >= 4 is 27.5 Å². The third-order valence-corrected chi connectivity index (χ3v) is 3.96. The van der Waals surface area contributed by atoms with Gasteiger partial charge in [-0.1, -0.05) is 6.07 Å². The molecule has 0 spiro atoms. The molecule has 0 unspecified atom stereocenters. The van der Waals surface area contributed by atoms with Crippen LogP contribution in [0.3, 0.4) is 0 Å². The molecule has 0 radical (unpaired) electrons. The van der Waals surface area contributed by atoms with Crippen molar-refractivity contribution in [2.75, 3.05) is 24.7 Å². The van der Waals surface area contributed by atoms with Gasteiger partial charge in [0.25, 0.3) is 5.91 Å². The van der Waals surface area contributed by atoms with Crippen molar-refractivity contribution in [1.29, 1.82) is 0 Å². The number of ether oxygens (including phenoxy) is 1. The molecule has 0 saturated heterocycles. The first-order valence-electron chi connectivity index (χ1n) is 7.05. The maximum atomic E-state index is 11.8. The summed E-state index contributed by atoms with van der Waals surface area (Å²) in [5.41, 5.74) is 1.37. The van der Waals surface area contributed by atoms with Crippen LogP contribution >= 0.6 is 0 Å². The molecule has 126 valence electrons. The van der Waals surface area contributed by atoms with E-state index in [1.54, 1.807) is 25.1 Å². The average Bonchev–Trinajstić information content (AvgIpc) is 2.44. The predicted molar refractivity (Wildman–Crippen MR) is 84.6 cm³/mol. The minimum absolute atomic E-state index is 0.00796. The molecule has 0 aliphatic carbocycles. The predicted octanol–water partition coefficient (Wildman–Crippen LogP) is 0.134. The summed E-state index contributed by atoms with van der Waals surface area (Å²) in [6.45, 7) is 1.84. The van der Waals surface area contributed by atoms with Crippen molar-refractivity contribution in [3.63, 3.8) is 0 Å². The SMILES string of the molecule is C[C@H](NC(=O)CCNS(C)(=O)=O)c1ccc2c(c1)NC(=O)CO2. The van der Waals surface area contributed by atoms with Crippen molar-refractivity contribution in [2.45, 2.75) is 19.4 Å². The molecule has 2 amide bonds. The molecule has 1 aliphatic rings. The highest BCUT2D eigenvalue weighted by Gasteiger charge is 2.18. The largest absolute Gasteiger partial charge is 0.482 e. The minimum Gasteiger partial charge on any atom is -0.482 e. The lowest BCUT2D eigenvalue weighted by molar-refractivity contribution is -0.121.